The van der Waals surface area contributed by atoms with E-state index in [1.165, 1.54) is 23.1 Å². The summed E-state index contributed by atoms with van der Waals surface area (Å²) in [4.78, 5) is 14.2. The largest absolute Gasteiger partial charge is 0.313 e. The van der Waals surface area contributed by atoms with Gasteiger partial charge in [0.05, 0.1) is 10.6 Å². The highest BCUT2D eigenvalue weighted by Gasteiger charge is 2.36. The third-order valence-corrected chi connectivity index (χ3v) is 7.49. The molecule has 2 atom stereocenters. The van der Waals surface area contributed by atoms with Gasteiger partial charge in [-0.2, -0.15) is 4.72 Å². The number of fused-ring (bicyclic) bond motifs is 1. The zero-order valence-electron chi connectivity index (χ0n) is 17.6. The van der Waals surface area contributed by atoms with Gasteiger partial charge in [-0.05, 0) is 73.1 Å². The van der Waals surface area contributed by atoms with Gasteiger partial charge in [0.25, 0.3) is 0 Å². The molecule has 3 aromatic carbocycles. The fraction of sp³-hybridized carbons (Fsp3) is 0.261. The second-order valence-corrected chi connectivity index (χ2v) is 9.98. The molecule has 1 aliphatic rings. The van der Waals surface area contributed by atoms with Crippen molar-refractivity contribution < 1.29 is 17.6 Å². The molecule has 0 aromatic heterocycles. The molecule has 168 valence electrons. The van der Waals surface area contributed by atoms with Crippen LogP contribution in [0.3, 0.4) is 0 Å². The number of benzene rings is 3. The molecule has 0 aliphatic carbocycles. The summed E-state index contributed by atoms with van der Waals surface area (Å²) in [6, 6.07) is 13.5. The Hall–Kier alpha value is -2.52. The molecule has 2 N–H and O–H groups in total. The quantitative estimate of drug-likeness (QED) is 0.565. The van der Waals surface area contributed by atoms with Crippen LogP contribution in [-0.2, 0) is 14.8 Å². The van der Waals surface area contributed by atoms with E-state index >= 15 is 0 Å². The Balaban J connectivity index is 1.53. The second kappa shape index (κ2) is 8.78. The van der Waals surface area contributed by atoms with E-state index in [-0.39, 0.29) is 29.6 Å². The van der Waals surface area contributed by atoms with Crippen molar-refractivity contribution in [1.29, 1.82) is 0 Å². The molecule has 4 rings (SSSR count). The summed E-state index contributed by atoms with van der Waals surface area (Å²) < 4.78 is 43.0. The number of carbonyl (C=O) groups is 1. The van der Waals surface area contributed by atoms with Crippen molar-refractivity contribution in [3.8, 4) is 0 Å². The summed E-state index contributed by atoms with van der Waals surface area (Å²) in [5.74, 6) is -0.996. The van der Waals surface area contributed by atoms with Gasteiger partial charge in [-0.15, -0.1) is 0 Å². The number of nitrogens with one attached hydrogen (secondary N) is 2. The van der Waals surface area contributed by atoms with E-state index in [1.807, 2.05) is 6.92 Å². The van der Waals surface area contributed by atoms with Gasteiger partial charge in [-0.25, -0.2) is 12.8 Å². The molecule has 0 bridgehead atoms. The predicted octanol–water partition coefficient (Wildman–Crippen LogP) is 4.00. The molecular formula is C23H23ClFN3O3S. The molecule has 1 fully saturated rings. The van der Waals surface area contributed by atoms with Gasteiger partial charge in [0, 0.05) is 17.6 Å². The maximum atomic E-state index is 14.7. The number of hydrogen-bond acceptors (Lipinski definition) is 4. The average Bonchev–Trinajstić information content (AvgIpc) is 3.11. The Kier molecular flexibility index (Phi) is 6.22. The monoisotopic (exact) mass is 475 g/mol. The highest BCUT2D eigenvalue weighted by Crippen LogP contribution is 2.28. The Morgan fingerprint density at radius 3 is 2.53 bits per heavy atom. The smallest absolute Gasteiger partial charge is 0.245 e. The van der Waals surface area contributed by atoms with Gasteiger partial charge in [-0.1, -0.05) is 29.8 Å². The number of anilines is 1. The van der Waals surface area contributed by atoms with Gasteiger partial charge in [-0.3, -0.25) is 4.79 Å². The van der Waals surface area contributed by atoms with Crippen LogP contribution < -0.4 is 14.9 Å². The fourth-order valence-electron chi connectivity index (χ4n) is 3.82. The third kappa shape index (κ3) is 4.36. The van der Waals surface area contributed by atoms with Crippen LogP contribution in [0.1, 0.15) is 24.9 Å². The summed E-state index contributed by atoms with van der Waals surface area (Å²) >= 11 is 5.98. The van der Waals surface area contributed by atoms with Crippen LogP contribution in [0.25, 0.3) is 10.8 Å². The Morgan fingerprint density at radius 2 is 1.81 bits per heavy atom. The van der Waals surface area contributed by atoms with Gasteiger partial charge < -0.3 is 10.2 Å². The zero-order chi connectivity index (χ0) is 23.0. The molecule has 0 radical (unpaired) electrons. The molecular weight excluding hydrogens is 453 g/mol. The van der Waals surface area contributed by atoms with Gasteiger partial charge in [0.15, 0.2) is 0 Å². The molecule has 0 unspecified atom stereocenters. The molecule has 0 spiro atoms. The van der Waals surface area contributed by atoms with Crippen molar-refractivity contribution in [3.63, 3.8) is 0 Å². The third-order valence-electron chi connectivity index (χ3n) is 5.78. The van der Waals surface area contributed by atoms with Crippen molar-refractivity contribution >= 4 is 44.0 Å². The number of amides is 1. The van der Waals surface area contributed by atoms with E-state index in [1.54, 1.807) is 43.4 Å². The molecule has 9 heteroatoms. The van der Waals surface area contributed by atoms with E-state index in [2.05, 4.69) is 10.0 Å². The number of sulfonamides is 1. The number of halogens is 2. The number of hydrogen-bond donors (Lipinski definition) is 2. The van der Waals surface area contributed by atoms with Gasteiger partial charge in [0.2, 0.25) is 15.9 Å². The van der Waals surface area contributed by atoms with Crippen LogP contribution in [0.15, 0.2) is 59.5 Å². The van der Waals surface area contributed by atoms with Crippen LogP contribution >= 0.6 is 11.6 Å². The minimum atomic E-state index is -3.95. The van der Waals surface area contributed by atoms with E-state index in [0.717, 1.165) is 16.3 Å². The molecule has 32 heavy (non-hydrogen) atoms. The second-order valence-electron chi connectivity index (χ2n) is 7.83. The number of carbonyl (C=O) groups excluding carboxylic acids is 1. The maximum absolute atomic E-state index is 14.7. The molecule has 1 saturated heterocycles. The standard InChI is InChI=1S/C23H23ClFN3O3S/c1-14(26-2)15-5-8-22(20(25)13-15)28-10-9-21(23(28)29)27-32(30,31)19-7-4-16-11-18(24)6-3-17(16)12-19/h3-8,11-14,21,26-27H,9-10H2,1-2H3/t14-,21-/m0/s1. The predicted molar refractivity (Wildman–Crippen MR) is 124 cm³/mol. The van der Waals surface area contributed by atoms with Crippen molar-refractivity contribution in [2.75, 3.05) is 18.5 Å². The summed E-state index contributed by atoms with van der Waals surface area (Å²) in [7, 11) is -2.17. The summed E-state index contributed by atoms with van der Waals surface area (Å²) in [5.41, 5.74) is 0.904. The highest BCUT2D eigenvalue weighted by atomic mass is 35.5. The minimum Gasteiger partial charge on any atom is -0.313 e. The molecule has 3 aromatic rings. The first-order valence-electron chi connectivity index (χ1n) is 10.2. The van der Waals surface area contributed by atoms with Crippen LogP contribution in [0.5, 0.6) is 0 Å². The Labute approximate surface area is 191 Å². The highest BCUT2D eigenvalue weighted by molar-refractivity contribution is 7.89. The van der Waals surface area contributed by atoms with Crippen LogP contribution in [0, 0.1) is 5.82 Å². The number of rotatable bonds is 6. The van der Waals surface area contributed by atoms with Crippen molar-refractivity contribution in [2.24, 2.45) is 0 Å². The Morgan fingerprint density at radius 1 is 1.09 bits per heavy atom. The fourth-order valence-corrected chi connectivity index (χ4v) is 5.26. The minimum absolute atomic E-state index is 0.0367. The first-order valence-corrected chi connectivity index (χ1v) is 12.1. The first-order chi connectivity index (χ1) is 15.2. The number of nitrogens with zero attached hydrogens (tertiary/aromatic N) is 1. The zero-order valence-corrected chi connectivity index (χ0v) is 19.2. The van der Waals surface area contributed by atoms with Crippen molar-refractivity contribution in [1.82, 2.24) is 10.0 Å². The lowest BCUT2D eigenvalue weighted by Crippen LogP contribution is -2.41. The van der Waals surface area contributed by atoms with E-state index < -0.39 is 27.8 Å². The average molecular weight is 476 g/mol. The SMILES string of the molecule is CN[C@@H](C)c1ccc(N2CC[C@H](NS(=O)(=O)c3ccc4cc(Cl)ccc4c3)C2=O)c(F)c1. The Bertz CT molecular complexity index is 1300. The summed E-state index contributed by atoms with van der Waals surface area (Å²) in [5, 5.41) is 5.13. The molecule has 1 amide bonds. The van der Waals surface area contributed by atoms with Gasteiger partial charge in [0.1, 0.15) is 11.9 Å². The van der Waals surface area contributed by atoms with E-state index in [4.69, 9.17) is 11.6 Å². The molecule has 6 nitrogen and oxygen atoms in total. The lowest BCUT2D eigenvalue weighted by atomic mass is 10.1. The van der Waals surface area contributed by atoms with Crippen LogP contribution in [0.2, 0.25) is 5.02 Å². The summed E-state index contributed by atoms with van der Waals surface area (Å²) in [6.45, 7) is 2.13. The lowest BCUT2D eigenvalue weighted by molar-refractivity contribution is -0.118. The van der Waals surface area contributed by atoms with E-state index in [0.29, 0.717) is 5.02 Å². The molecule has 0 saturated carbocycles. The topological polar surface area (TPSA) is 78.5 Å². The van der Waals surface area contributed by atoms with E-state index in [9.17, 15) is 17.6 Å². The summed E-state index contributed by atoms with van der Waals surface area (Å²) in [6.07, 6.45) is 0.245. The van der Waals surface area contributed by atoms with Crippen LogP contribution in [-0.4, -0.2) is 34.0 Å². The lowest BCUT2D eigenvalue weighted by Gasteiger charge is -2.20. The maximum Gasteiger partial charge on any atom is 0.245 e. The molecule has 1 heterocycles. The first kappa shape index (κ1) is 22.7. The van der Waals surface area contributed by atoms with Crippen molar-refractivity contribution in [3.05, 3.63) is 71.0 Å². The van der Waals surface area contributed by atoms with Crippen molar-refractivity contribution in [2.45, 2.75) is 30.3 Å². The van der Waals surface area contributed by atoms with Crippen LogP contribution in [0.4, 0.5) is 10.1 Å². The molecule has 1 aliphatic heterocycles. The normalized spacial score (nSPS) is 17.8. The van der Waals surface area contributed by atoms with Gasteiger partial charge >= 0.3 is 0 Å².